The van der Waals surface area contributed by atoms with Crippen molar-refractivity contribution in [3.8, 4) is 0 Å². The van der Waals surface area contributed by atoms with E-state index >= 15 is 0 Å². The number of benzene rings is 1. The summed E-state index contributed by atoms with van der Waals surface area (Å²) in [4.78, 5) is 3.19. The summed E-state index contributed by atoms with van der Waals surface area (Å²) >= 11 is 0. The number of rotatable bonds is 6. The van der Waals surface area contributed by atoms with Gasteiger partial charge in [0.25, 0.3) is 0 Å². The van der Waals surface area contributed by atoms with Crippen LogP contribution in [0.1, 0.15) is 18.1 Å². The van der Waals surface area contributed by atoms with Gasteiger partial charge in [0.1, 0.15) is 0 Å². The minimum absolute atomic E-state index is 0.0951. The summed E-state index contributed by atoms with van der Waals surface area (Å²) in [5.74, 6) is 0.0951. The smallest absolute Gasteiger partial charge is 0.211 e. The molecule has 0 unspecified atom stereocenters. The number of hydrogen-bond acceptors (Lipinski definition) is 3. The van der Waals surface area contributed by atoms with Crippen LogP contribution in [0.25, 0.3) is 10.9 Å². The Balaban J connectivity index is 2.23. The zero-order valence-corrected chi connectivity index (χ0v) is 11.8. The van der Waals surface area contributed by atoms with Crippen LogP contribution in [-0.2, 0) is 23.0 Å². The maximum Gasteiger partial charge on any atom is 0.211 e. The molecule has 6 heteroatoms. The van der Waals surface area contributed by atoms with Crippen LogP contribution in [-0.4, -0.2) is 25.7 Å². The summed E-state index contributed by atoms with van der Waals surface area (Å²) in [7, 11) is -3.16. The first-order valence-electron chi connectivity index (χ1n) is 6.32. The fourth-order valence-electron chi connectivity index (χ4n) is 1.99. The summed E-state index contributed by atoms with van der Waals surface area (Å²) in [6.07, 6.45) is 2.77. The predicted molar refractivity (Wildman–Crippen MR) is 77.4 cm³/mol. The van der Waals surface area contributed by atoms with Gasteiger partial charge in [-0.1, -0.05) is 6.07 Å². The highest BCUT2D eigenvalue weighted by Crippen LogP contribution is 2.20. The van der Waals surface area contributed by atoms with E-state index in [1.54, 1.807) is 6.92 Å². The maximum absolute atomic E-state index is 11.4. The third-order valence-electron chi connectivity index (χ3n) is 3.12. The van der Waals surface area contributed by atoms with Gasteiger partial charge in [0.2, 0.25) is 10.0 Å². The van der Waals surface area contributed by atoms with E-state index in [0.717, 1.165) is 28.5 Å². The molecule has 0 aliphatic carbocycles. The van der Waals surface area contributed by atoms with Crippen LogP contribution in [0.2, 0.25) is 0 Å². The monoisotopic (exact) mass is 281 g/mol. The molecule has 0 bridgehead atoms. The summed E-state index contributed by atoms with van der Waals surface area (Å²) in [6.45, 7) is 2.54. The van der Waals surface area contributed by atoms with Crippen molar-refractivity contribution in [1.82, 2.24) is 9.71 Å². The van der Waals surface area contributed by atoms with E-state index in [4.69, 9.17) is 5.73 Å². The van der Waals surface area contributed by atoms with Crippen LogP contribution in [0.5, 0.6) is 0 Å². The number of nitrogens with two attached hydrogens (primary N) is 1. The van der Waals surface area contributed by atoms with Gasteiger partial charge < -0.3 is 10.7 Å². The summed E-state index contributed by atoms with van der Waals surface area (Å²) in [5, 5.41) is 1.11. The molecule has 0 atom stereocenters. The number of aromatic nitrogens is 1. The molecule has 4 N–H and O–H groups in total. The minimum Gasteiger partial charge on any atom is -0.361 e. The van der Waals surface area contributed by atoms with Gasteiger partial charge in [-0.3, -0.25) is 0 Å². The first-order valence-corrected chi connectivity index (χ1v) is 7.97. The van der Waals surface area contributed by atoms with E-state index in [2.05, 4.69) is 9.71 Å². The number of H-pyrrole nitrogens is 1. The fraction of sp³-hybridized carbons (Fsp3) is 0.385. The van der Waals surface area contributed by atoms with Crippen LogP contribution in [0.15, 0.2) is 24.4 Å². The highest BCUT2D eigenvalue weighted by Gasteiger charge is 2.08. The van der Waals surface area contributed by atoms with E-state index in [9.17, 15) is 8.42 Å². The van der Waals surface area contributed by atoms with E-state index in [-0.39, 0.29) is 5.75 Å². The lowest BCUT2D eigenvalue weighted by atomic mass is 10.1. The standard InChI is InChI=1S/C13H19N3O2S/c1-2-19(17,18)16-8-10-3-4-13-12(7-10)11(5-6-14)9-15-13/h3-4,7,9,15-16H,2,5-6,8,14H2,1H3. The minimum atomic E-state index is -3.16. The number of nitrogens with one attached hydrogen (secondary N) is 2. The fourth-order valence-corrected chi connectivity index (χ4v) is 2.58. The van der Waals surface area contributed by atoms with Crippen molar-refractivity contribution in [2.75, 3.05) is 12.3 Å². The lowest BCUT2D eigenvalue weighted by Crippen LogP contribution is -2.24. The summed E-state index contributed by atoms with van der Waals surface area (Å²) in [5.41, 5.74) is 8.74. The van der Waals surface area contributed by atoms with Crippen LogP contribution < -0.4 is 10.5 Å². The average molecular weight is 281 g/mol. The molecule has 0 aliphatic heterocycles. The van der Waals surface area contributed by atoms with E-state index < -0.39 is 10.0 Å². The second-order valence-corrected chi connectivity index (χ2v) is 6.55. The molecule has 0 spiro atoms. The highest BCUT2D eigenvalue weighted by atomic mass is 32.2. The van der Waals surface area contributed by atoms with Crippen molar-refractivity contribution in [3.63, 3.8) is 0 Å². The zero-order chi connectivity index (χ0) is 13.9. The third-order valence-corrected chi connectivity index (χ3v) is 4.47. The Bertz CT molecular complexity index is 662. The van der Waals surface area contributed by atoms with Gasteiger partial charge in [0.15, 0.2) is 0 Å². The van der Waals surface area contributed by atoms with E-state index in [1.165, 1.54) is 0 Å². The van der Waals surface area contributed by atoms with Crippen molar-refractivity contribution in [1.29, 1.82) is 0 Å². The average Bonchev–Trinajstić information content (AvgIpc) is 2.80. The molecule has 2 aromatic rings. The van der Waals surface area contributed by atoms with E-state index in [0.29, 0.717) is 13.1 Å². The van der Waals surface area contributed by atoms with Gasteiger partial charge >= 0.3 is 0 Å². The molecular formula is C13H19N3O2S. The normalized spacial score (nSPS) is 12.1. The van der Waals surface area contributed by atoms with Gasteiger partial charge in [-0.25, -0.2) is 13.1 Å². The van der Waals surface area contributed by atoms with Crippen LogP contribution >= 0.6 is 0 Å². The van der Waals surface area contributed by atoms with Crippen molar-refractivity contribution >= 4 is 20.9 Å². The Hall–Kier alpha value is -1.37. The van der Waals surface area contributed by atoms with Crippen LogP contribution in [0.3, 0.4) is 0 Å². The second-order valence-electron chi connectivity index (χ2n) is 4.46. The molecule has 0 amide bonds. The van der Waals surface area contributed by atoms with Gasteiger partial charge in [-0.15, -0.1) is 0 Å². The second kappa shape index (κ2) is 5.73. The molecule has 0 saturated carbocycles. The summed E-state index contributed by atoms with van der Waals surface area (Å²) < 4.78 is 25.4. The number of fused-ring (bicyclic) bond motifs is 1. The Morgan fingerprint density at radius 1 is 1.37 bits per heavy atom. The van der Waals surface area contributed by atoms with Crippen LogP contribution in [0, 0.1) is 0 Å². The van der Waals surface area contributed by atoms with Gasteiger partial charge in [0, 0.05) is 23.6 Å². The Kier molecular flexibility index (Phi) is 4.24. The van der Waals surface area contributed by atoms with Crippen molar-refractivity contribution in [3.05, 3.63) is 35.5 Å². The first kappa shape index (κ1) is 14.0. The quantitative estimate of drug-likeness (QED) is 0.741. The molecule has 0 aliphatic rings. The molecule has 1 heterocycles. The highest BCUT2D eigenvalue weighted by molar-refractivity contribution is 7.89. The van der Waals surface area contributed by atoms with E-state index in [1.807, 2.05) is 24.4 Å². The van der Waals surface area contributed by atoms with Gasteiger partial charge in [0.05, 0.1) is 5.75 Å². The number of hydrogen-bond donors (Lipinski definition) is 3. The molecule has 19 heavy (non-hydrogen) atoms. The molecule has 0 fully saturated rings. The molecular weight excluding hydrogens is 262 g/mol. The predicted octanol–water partition coefficient (Wildman–Crippen LogP) is 1.11. The lowest BCUT2D eigenvalue weighted by molar-refractivity contribution is 0.582. The SMILES string of the molecule is CCS(=O)(=O)NCc1ccc2[nH]cc(CCN)c2c1. The molecule has 0 saturated heterocycles. The first-order chi connectivity index (χ1) is 9.05. The zero-order valence-electron chi connectivity index (χ0n) is 10.9. The molecule has 1 aromatic heterocycles. The topological polar surface area (TPSA) is 88.0 Å². The largest absolute Gasteiger partial charge is 0.361 e. The number of sulfonamides is 1. The maximum atomic E-state index is 11.4. The van der Waals surface area contributed by atoms with Crippen molar-refractivity contribution in [2.45, 2.75) is 19.9 Å². The molecule has 5 nitrogen and oxygen atoms in total. The molecule has 0 radical (unpaired) electrons. The molecule has 1 aromatic carbocycles. The van der Waals surface area contributed by atoms with Gasteiger partial charge in [-0.05, 0) is 43.1 Å². The molecule has 2 rings (SSSR count). The van der Waals surface area contributed by atoms with Gasteiger partial charge in [-0.2, -0.15) is 0 Å². The van der Waals surface area contributed by atoms with Crippen LogP contribution in [0.4, 0.5) is 0 Å². The Morgan fingerprint density at radius 2 is 2.16 bits per heavy atom. The Morgan fingerprint density at radius 3 is 2.84 bits per heavy atom. The summed E-state index contributed by atoms with van der Waals surface area (Å²) in [6, 6.07) is 5.89. The Labute approximate surface area is 113 Å². The number of aromatic amines is 1. The molecule has 104 valence electrons. The van der Waals surface area contributed by atoms with Crippen molar-refractivity contribution < 1.29 is 8.42 Å². The lowest BCUT2D eigenvalue weighted by Gasteiger charge is -2.05. The van der Waals surface area contributed by atoms with Crippen molar-refractivity contribution in [2.24, 2.45) is 5.73 Å². The third kappa shape index (κ3) is 3.34.